The molecule has 5 nitrogen and oxygen atoms in total. The SMILES string of the molecule is CC(C)c1ccc(NC(=O)/C(C#N)=C\NCc2ccco2)cc1. The van der Waals surface area contributed by atoms with E-state index >= 15 is 0 Å². The van der Waals surface area contributed by atoms with Crippen molar-refractivity contribution >= 4 is 11.6 Å². The first-order chi connectivity index (χ1) is 11.1. The maximum atomic E-state index is 12.1. The third-order valence-corrected chi connectivity index (χ3v) is 3.30. The molecule has 118 valence electrons. The lowest BCUT2D eigenvalue weighted by molar-refractivity contribution is -0.112. The molecule has 1 aromatic carbocycles. The van der Waals surface area contributed by atoms with E-state index in [2.05, 4.69) is 24.5 Å². The third-order valence-electron chi connectivity index (χ3n) is 3.30. The second-order valence-corrected chi connectivity index (χ2v) is 5.36. The normalized spacial score (nSPS) is 11.1. The fraction of sp³-hybridized carbons (Fsp3) is 0.222. The molecule has 0 saturated carbocycles. The van der Waals surface area contributed by atoms with E-state index in [1.165, 1.54) is 11.8 Å². The van der Waals surface area contributed by atoms with Gasteiger partial charge in [-0.05, 0) is 35.7 Å². The van der Waals surface area contributed by atoms with E-state index in [9.17, 15) is 4.79 Å². The van der Waals surface area contributed by atoms with Crippen LogP contribution in [0.3, 0.4) is 0 Å². The maximum absolute atomic E-state index is 12.1. The Hall–Kier alpha value is -3.00. The Balaban J connectivity index is 1.95. The van der Waals surface area contributed by atoms with Crippen LogP contribution in [0.15, 0.2) is 58.9 Å². The summed E-state index contributed by atoms with van der Waals surface area (Å²) in [6.45, 7) is 4.62. The molecule has 5 heteroatoms. The molecule has 23 heavy (non-hydrogen) atoms. The zero-order chi connectivity index (χ0) is 16.7. The van der Waals surface area contributed by atoms with Crippen molar-refractivity contribution in [2.75, 3.05) is 5.32 Å². The number of amides is 1. The number of rotatable bonds is 6. The number of carbonyl (C=O) groups excluding carboxylic acids is 1. The number of nitriles is 1. The summed E-state index contributed by atoms with van der Waals surface area (Å²) in [6.07, 6.45) is 2.96. The van der Waals surface area contributed by atoms with Crippen molar-refractivity contribution in [3.05, 3.63) is 65.8 Å². The number of hydrogen-bond donors (Lipinski definition) is 2. The quantitative estimate of drug-likeness (QED) is 0.632. The molecule has 0 fully saturated rings. The first-order valence-corrected chi connectivity index (χ1v) is 7.37. The topological polar surface area (TPSA) is 78.1 Å². The predicted molar refractivity (Wildman–Crippen MR) is 88.4 cm³/mol. The summed E-state index contributed by atoms with van der Waals surface area (Å²) in [6, 6.07) is 13.1. The van der Waals surface area contributed by atoms with Gasteiger partial charge < -0.3 is 15.1 Å². The number of furan rings is 1. The highest BCUT2D eigenvalue weighted by Crippen LogP contribution is 2.17. The summed E-state index contributed by atoms with van der Waals surface area (Å²) < 4.78 is 5.16. The van der Waals surface area contributed by atoms with Crippen molar-refractivity contribution in [2.45, 2.75) is 26.3 Å². The van der Waals surface area contributed by atoms with Gasteiger partial charge in [0.05, 0.1) is 12.8 Å². The molecule has 0 aliphatic heterocycles. The van der Waals surface area contributed by atoms with E-state index in [1.54, 1.807) is 12.3 Å². The van der Waals surface area contributed by atoms with Gasteiger partial charge in [0.1, 0.15) is 17.4 Å². The summed E-state index contributed by atoms with van der Waals surface area (Å²) in [7, 11) is 0. The lowest BCUT2D eigenvalue weighted by Crippen LogP contribution is -2.16. The summed E-state index contributed by atoms with van der Waals surface area (Å²) in [5.74, 6) is 0.708. The summed E-state index contributed by atoms with van der Waals surface area (Å²) in [4.78, 5) is 12.1. The summed E-state index contributed by atoms with van der Waals surface area (Å²) >= 11 is 0. The van der Waals surface area contributed by atoms with Crippen molar-refractivity contribution in [1.29, 1.82) is 5.26 Å². The number of carbonyl (C=O) groups is 1. The molecular weight excluding hydrogens is 290 g/mol. The van der Waals surface area contributed by atoms with E-state index in [0.29, 0.717) is 18.2 Å². The minimum Gasteiger partial charge on any atom is -0.467 e. The predicted octanol–water partition coefficient (Wildman–Crippen LogP) is 3.54. The van der Waals surface area contributed by atoms with Crippen LogP contribution in [-0.2, 0) is 11.3 Å². The zero-order valence-corrected chi connectivity index (χ0v) is 13.2. The van der Waals surface area contributed by atoms with Gasteiger partial charge in [-0.2, -0.15) is 5.26 Å². The lowest BCUT2D eigenvalue weighted by atomic mass is 10.0. The lowest BCUT2D eigenvalue weighted by Gasteiger charge is -2.08. The van der Waals surface area contributed by atoms with E-state index in [-0.39, 0.29) is 5.57 Å². The Morgan fingerprint density at radius 3 is 2.61 bits per heavy atom. The molecule has 0 spiro atoms. The average Bonchev–Trinajstić information content (AvgIpc) is 3.05. The first kappa shape index (κ1) is 16.4. The minimum absolute atomic E-state index is 0.00416. The molecule has 0 aliphatic rings. The van der Waals surface area contributed by atoms with Crippen molar-refractivity contribution in [3.63, 3.8) is 0 Å². The van der Waals surface area contributed by atoms with Crippen LogP contribution in [0.2, 0.25) is 0 Å². The van der Waals surface area contributed by atoms with Crippen LogP contribution in [0.25, 0.3) is 0 Å². The molecule has 2 aromatic rings. The van der Waals surface area contributed by atoms with E-state index in [0.717, 1.165) is 5.76 Å². The largest absolute Gasteiger partial charge is 0.467 e. The highest BCUT2D eigenvalue weighted by atomic mass is 16.3. The van der Waals surface area contributed by atoms with Crippen molar-refractivity contribution < 1.29 is 9.21 Å². The van der Waals surface area contributed by atoms with Gasteiger partial charge in [-0.25, -0.2) is 0 Å². The minimum atomic E-state index is -0.447. The van der Waals surface area contributed by atoms with Gasteiger partial charge in [0.15, 0.2) is 0 Å². The number of nitrogens with one attached hydrogen (secondary N) is 2. The molecule has 0 radical (unpaired) electrons. The molecule has 1 heterocycles. The Labute approximate surface area is 135 Å². The Bertz CT molecular complexity index is 708. The van der Waals surface area contributed by atoms with E-state index in [4.69, 9.17) is 9.68 Å². The summed E-state index contributed by atoms with van der Waals surface area (Å²) in [5, 5.41) is 14.7. The van der Waals surface area contributed by atoms with Gasteiger partial charge in [-0.3, -0.25) is 4.79 Å². The van der Waals surface area contributed by atoms with Crippen molar-refractivity contribution in [3.8, 4) is 6.07 Å². The number of benzene rings is 1. The first-order valence-electron chi connectivity index (χ1n) is 7.37. The molecular formula is C18H19N3O2. The molecule has 0 atom stereocenters. The van der Waals surface area contributed by atoms with Crippen LogP contribution in [-0.4, -0.2) is 5.91 Å². The smallest absolute Gasteiger partial charge is 0.267 e. The van der Waals surface area contributed by atoms with Gasteiger partial charge in [-0.1, -0.05) is 26.0 Å². The molecule has 1 amide bonds. The molecule has 2 N–H and O–H groups in total. The highest BCUT2D eigenvalue weighted by molar-refractivity contribution is 6.06. The Kier molecular flexibility index (Phi) is 5.59. The maximum Gasteiger partial charge on any atom is 0.267 e. The van der Waals surface area contributed by atoms with Crippen LogP contribution in [0.1, 0.15) is 31.1 Å². The van der Waals surface area contributed by atoms with Gasteiger partial charge in [0.25, 0.3) is 5.91 Å². The van der Waals surface area contributed by atoms with Crippen LogP contribution >= 0.6 is 0 Å². The van der Waals surface area contributed by atoms with Gasteiger partial charge in [-0.15, -0.1) is 0 Å². The molecule has 0 unspecified atom stereocenters. The van der Waals surface area contributed by atoms with E-state index < -0.39 is 5.91 Å². The molecule has 2 rings (SSSR count). The van der Waals surface area contributed by atoms with Gasteiger partial charge >= 0.3 is 0 Å². The average molecular weight is 309 g/mol. The molecule has 0 bridgehead atoms. The van der Waals surface area contributed by atoms with Gasteiger partial charge in [0, 0.05) is 11.9 Å². The molecule has 0 aliphatic carbocycles. The number of hydrogen-bond acceptors (Lipinski definition) is 4. The fourth-order valence-corrected chi connectivity index (χ4v) is 1.97. The zero-order valence-electron chi connectivity index (χ0n) is 13.2. The van der Waals surface area contributed by atoms with Gasteiger partial charge in [0.2, 0.25) is 0 Å². The molecule has 1 aromatic heterocycles. The van der Waals surface area contributed by atoms with Crippen LogP contribution in [0, 0.1) is 11.3 Å². The number of nitrogens with zero attached hydrogens (tertiary/aromatic N) is 1. The standard InChI is InChI=1S/C18H19N3O2/c1-13(2)14-5-7-16(8-6-14)21-18(22)15(10-19)11-20-12-17-4-3-9-23-17/h3-9,11,13,20H,12H2,1-2H3,(H,21,22)/b15-11-. The monoisotopic (exact) mass is 309 g/mol. The van der Waals surface area contributed by atoms with Crippen LogP contribution in [0.4, 0.5) is 5.69 Å². The fourth-order valence-electron chi connectivity index (χ4n) is 1.97. The Morgan fingerprint density at radius 1 is 1.30 bits per heavy atom. The molecule has 0 saturated heterocycles. The summed E-state index contributed by atoms with van der Waals surface area (Å²) in [5.41, 5.74) is 1.86. The van der Waals surface area contributed by atoms with Crippen molar-refractivity contribution in [2.24, 2.45) is 0 Å². The van der Waals surface area contributed by atoms with Crippen LogP contribution in [0.5, 0.6) is 0 Å². The van der Waals surface area contributed by atoms with Crippen LogP contribution < -0.4 is 10.6 Å². The van der Waals surface area contributed by atoms with E-state index in [1.807, 2.05) is 36.4 Å². The highest BCUT2D eigenvalue weighted by Gasteiger charge is 2.09. The second kappa shape index (κ2) is 7.85. The third kappa shape index (κ3) is 4.75. The second-order valence-electron chi connectivity index (χ2n) is 5.36. The van der Waals surface area contributed by atoms with Crippen molar-refractivity contribution in [1.82, 2.24) is 5.32 Å². The number of anilines is 1. The Morgan fingerprint density at radius 2 is 2.04 bits per heavy atom.